The molecule has 0 radical (unpaired) electrons. The SMILES string of the molecule is O=C(COc1ccc([N+](=O)[O-])cc1)Nc1cc(F)cc(N2CCCC2)c1. The normalized spacial score (nSPS) is 13.5. The van der Waals surface area contributed by atoms with Gasteiger partial charge in [0.05, 0.1) is 4.92 Å². The fourth-order valence-corrected chi connectivity index (χ4v) is 2.81. The van der Waals surface area contributed by atoms with Gasteiger partial charge in [-0.3, -0.25) is 14.9 Å². The highest BCUT2D eigenvalue weighted by Gasteiger charge is 2.15. The van der Waals surface area contributed by atoms with Crippen LogP contribution in [0.25, 0.3) is 0 Å². The summed E-state index contributed by atoms with van der Waals surface area (Å²) in [5.41, 5.74) is 1.05. The molecule has 1 fully saturated rings. The number of ether oxygens (including phenoxy) is 1. The second kappa shape index (κ2) is 7.81. The summed E-state index contributed by atoms with van der Waals surface area (Å²) in [7, 11) is 0. The molecule has 0 atom stereocenters. The van der Waals surface area contributed by atoms with E-state index in [4.69, 9.17) is 4.74 Å². The first-order valence-corrected chi connectivity index (χ1v) is 8.24. The van der Waals surface area contributed by atoms with Gasteiger partial charge < -0.3 is 15.0 Å². The molecule has 1 aliphatic rings. The lowest BCUT2D eigenvalue weighted by Crippen LogP contribution is -2.21. The lowest BCUT2D eigenvalue weighted by molar-refractivity contribution is -0.384. The van der Waals surface area contributed by atoms with Gasteiger partial charge in [0.15, 0.2) is 6.61 Å². The van der Waals surface area contributed by atoms with Gasteiger partial charge in [0.1, 0.15) is 11.6 Å². The molecule has 0 bridgehead atoms. The number of rotatable bonds is 6. The van der Waals surface area contributed by atoms with Crippen molar-refractivity contribution >= 4 is 23.0 Å². The molecule has 136 valence electrons. The third-order valence-corrected chi connectivity index (χ3v) is 4.05. The zero-order valence-corrected chi connectivity index (χ0v) is 14.0. The molecule has 8 heteroatoms. The van der Waals surface area contributed by atoms with Crippen LogP contribution in [0, 0.1) is 15.9 Å². The molecule has 1 amide bonds. The summed E-state index contributed by atoms with van der Waals surface area (Å²) < 4.78 is 19.1. The Morgan fingerprint density at radius 1 is 1.19 bits per heavy atom. The Morgan fingerprint density at radius 2 is 1.88 bits per heavy atom. The molecule has 2 aromatic carbocycles. The predicted octanol–water partition coefficient (Wildman–Crippen LogP) is 3.35. The fourth-order valence-electron chi connectivity index (χ4n) is 2.81. The van der Waals surface area contributed by atoms with E-state index in [1.54, 1.807) is 6.07 Å². The molecule has 0 unspecified atom stereocenters. The van der Waals surface area contributed by atoms with Gasteiger partial charge in [0, 0.05) is 36.6 Å². The third kappa shape index (κ3) is 4.47. The molecule has 2 aromatic rings. The molecule has 1 saturated heterocycles. The van der Waals surface area contributed by atoms with Gasteiger partial charge in [-0.1, -0.05) is 0 Å². The van der Waals surface area contributed by atoms with E-state index in [1.165, 1.54) is 36.4 Å². The van der Waals surface area contributed by atoms with E-state index >= 15 is 0 Å². The Labute approximate surface area is 149 Å². The van der Waals surface area contributed by atoms with Crippen LogP contribution >= 0.6 is 0 Å². The monoisotopic (exact) mass is 359 g/mol. The molecule has 1 N–H and O–H groups in total. The maximum Gasteiger partial charge on any atom is 0.269 e. The molecule has 0 aromatic heterocycles. The first kappa shape index (κ1) is 17.7. The number of hydrogen-bond acceptors (Lipinski definition) is 5. The second-order valence-electron chi connectivity index (χ2n) is 5.98. The maximum absolute atomic E-state index is 13.8. The first-order valence-electron chi connectivity index (χ1n) is 8.24. The second-order valence-corrected chi connectivity index (χ2v) is 5.98. The van der Waals surface area contributed by atoms with Crippen LogP contribution in [-0.2, 0) is 4.79 Å². The van der Waals surface area contributed by atoms with Crippen LogP contribution in [0.4, 0.5) is 21.5 Å². The molecule has 1 heterocycles. The average Bonchev–Trinajstić information content (AvgIpc) is 3.14. The highest BCUT2D eigenvalue weighted by Crippen LogP contribution is 2.25. The number of hydrogen-bond donors (Lipinski definition) is 1. The number of carbonyl (C=O) groups excluding carboxylic acids is 1. The predicted molar refractivity (Wildman–Crippen MR) is 95.1 cm³/mol. The van der Waals surface area contributed by atoms with Crippen molar-refractivity contribution in [1.82, 2.24) is 0 Å². The van der Waals surface area contributed by atoms with E-state index in [9.17, 15) is 19.3 Å². The Morgan fingerprint density at radius 3 is 2.54 bits per heavy atom. The maximum atomic E-state index is 13.8. The number of halogens is 1. The van der Waals surface area contributed by atoms with Crippen molar-refractivity contribution in [2.75, 3.05) is 29.9 Å². The lowest BCUT2D eigenvalue weighted by atomic mass is 10.2. The molecule has 7 nitrogen and oxygen atoms in total. The minimum atomic E-state index is -0.515. The molecular formula is C18H18FN3O4. The van der Waals surface area contributed by atoms with Gasteiger partial charge >= 0.3 is 0 Å². The van der Waals surface area contributed by atoms with Crippen molar-refractivity contribution in [1.29, 1.82) is 0 Å². The van der Waals surface area contributed by atoms with E-state index in [0.29, 0.717) is 11.4 Å². The van der Waals surface area contributed by atoms with Crippen molar-refractivity contribution in [2.24, 2.45) is 0 Å². The molecule has 1 aliphatic heterocycles. The topological polar surface area (TPSA) is 84.7 Å². The molecule has 3 rings (SSSR count). The quantitative estimate of drug-likeness (QED) is 0.631. The lowest BCUT2D eigenvalue weighted by Gasteiger charge is -2.18. The van der Waals surface area contributed by atoms with Crippen LogP contribution in [0.2, 0.25) is 0 Å². The Balaban J connectivity index is 1.58. The average molecular weight is 359 g/mol. The fraction of sp³-hybridized carbons (Fsp3) is 0.278. The molecule has 26 heavy (non-hydrogen) atoms. The number of nitrogens with zero attached hydrogens (tertiary/aromatic N) is 2. The number of nitrogens with one attached hydrogen (secondary N) is 1. The van der Waals surface area contributed by atoms with Crippen LogP contribution in [0.15, 0.2) is 42.5 Å². The molecule has 0 spiro atoms. The van der Waals surface area contributed by atoms with E-state index in [1.807, 2.05) is 0 Å². The zero-order valence-electron chi connectivity index (χ0n) is 14.0. The van der Waals surface area contributed by atoms with Gasteiger partial charge in [-0.25, -0.2) is 4.39 Å². The van der Waals surface area contributed by atoms with E-state index in [-0.39, 0.29) is 12.3 Å². The number of anilines is 2. The van der Waals surface area contributed by atoms with Crippen molar-refractivity contribution in [3.63, 3.8) is 0 Å². The Bertz CT molecular complexity index is 805. The summed E-state index contributed by atoms with van der Waals surface area (Å²) in [4.78, 5) is 24.2. The van der Waals surface area contributed by atoms with Crippen molar-refractivity contribution in [2.45, 2.75) is 12.8 Å². The van der Waals surface area contributed by atoms with Crippen LogP contribution in [0.1, 0.15) is 12.8 Å². The Hall–Kier alpha value is -3.16. The summed E-state index contributed by atoms with van der Waals surface area (Å²) >= 11 is 0. The molecular weight excluding hydrogens is 341 g/mol. The van der Waals surface area contributed by atoms with Gasteiger partial charge in [0.25, 0.3) is 11.6 Å². The number of carbonyl (C=O) groups is 1. The van der Waals surface area contributed by atoms with Crippen LogP contribution in [0.5, 0.6) is 5.75 Å². The first-order chi connectivity index (χ1) is 12.5. The largest absolute Gasteiger partial charge is 0.484 e. The van der Waals surface area contributed by atoms with Crippen molar-refractivity contribution in [3.05, 3.63) is 58.4 Å². The van der Waals surface area contributed by atoms with Crippen molar-refractivity contribution < 1.29 is 18.8 Å². The van der Waals surface area contributed by atoms with E-state index < -0.39 is 16.6 Å². The summed E-state index contributed by atoms with van der Waals surface area (Å²) in [6.45, 7) is 1.47. The van der Waals surface area contributed by atoms with Crippen LogP contribution < -0.4 is 15.0 Å². The van der Waals surface area contributed by atoms with Crippen LogP contribution in [0.3, 0.4) is 0 Å². The number of nitro groups is 1. The summed E-state index contributed by atoms with van der Waals surface area (Å²) in [5.74, 6) is -0.523. The number of amides is 1. The highest BCUT2D eigenvalue weighted by atomic mass is 19.1. The van der Waals surface area contributed by atoms with Gasteiger partial charge in [-0.05, 0) is 43.2 Å². The van der Waals surface area contributed by atoms with E-state index in [2.05, 4.69) is 10.2 Å². The van der Waals surface area contributed by atoms with E-state index in [0.717, 1.165) is 31.6 Å². The Kier molecular flexibility index (Phi) is 5.31. The van der Waals surface area contributed by atoms with Crippen molar-refractivity contribution in [3.8, 4) is 5.75 Å². The molecule has 0 aliphatic carbocycles. The smallest absolute Gasteiger partial charge is 0.269 e. The van der Waals surface area contributed by atoms with Gasteiger partial charge in [-0.15, -0.1) is 0 Å². The minimum absolute atomic E-state index is 0.0593. The molecule has 0 saturated carbocycles. The number of benzene rings is 2. The van der Waals surface area contributed by atoms with Gasteiger partial charge in [0.2, 0.25) is 0 Å². The van der Waals surface area contributed by atoms with Gasteiger partial charge in [-0.2, -0.15) is 0 Å². The summed E-state index contributed by atoms with van der Waals surface area (Å²) in [5, 5.41) is 13.2. The number of non-ortho nitro benzene ring substituents is 1. The standard InChI is InChI=1S/C18H18FN3O4/c19-13-9-14(11-16(10-13)21-7-1-2-8-21)20-18(23)12-26-17-5-3-15(4-6-17)22(24)25/h3-6,9-11H,1-2,7-8,12H2,(H,20,23). The van der Waals surface area contributed by atoms with Crippen LogP contribution in [-0.4, -0.2) is 30.5 Å². The highest BCUT2D eigenvalue weighted by molar-refractivity contribution is 5.92. The third-order valence-electron chi connectivity index (χ3n) is 4.05. The summed E-state index contributed by atoms with van der Waals surface area (Å²) in [6.07, 6.45) is 2.14. The number of nitro benzene ring substituents is 1. The minimum Gasteiger partial charge on any atom is -0.484 e. The summed E-state index contributed by atoms with van der Waals surface area (Å²) in [6, 6.07) is 9.86. The zero-order chi connectivity index (χ0) is 18.5.